The molecule has 0 saturated heterocycles. The highest BCUT2D eigenvalue weighted by atomic mass is 19.5. The molecule has 0 amide bonds. The molecule has 60 heavy (non-hydrogen) atoms. The van der Waals surface area contributed by atoms with Crippen molar-refractivity contribution in [1.29, 1.82) is 0 Å². The average Bonchev–Trinajstić information content (AvgIpc) is 2.97. The van der Waals surface area contributed by atoms with Crippen molar-refractivity contribution in [2.45, 2.75) is 109 Å². The monoisotopic (exact) mass is 962 g/mol. The topological polar surface area (TPSA) is 58.9 Å². The SMILES string of the molecule is OC(COC(c1ccc(C(OCC(O)CC(F)(F)C(F)(F)C(F)(F)C(F)(F)F)(C(F)(F)F)C(F)(F)F)cc1)(C(F)(F)F)C(F)(F)F)CC(F)(F)C(F)(F)C(F)(F)C(F)(F)F. The van der Waals surface area contributed by atoms with Crippen LogP contribution in [-0.4, -0.2) is 108 Å². The van der Waals surface area contributed by atoms with E-state index in [1.54, 1.807) is 0 Å². The van der Waals surface area contributed by atoms with Crippen LogP contribution in [0.15, 0.2) is 24.3 Å². The van der Waals surface area contributed by atoms with Gasteiger partial charge in [-0.1, -0.05) is 24.3 Å². The molecule has 2 atom stereocenters. The van der Waals surface area contributed by atoms with Crippen LogP contribution in [0.1, 0.15) is 24.0 Å². The highest BCUT2D eigenvalue weighted by Crippen LogP contribution is 2.58. The third-order valence-electron chi connectivity index (χ3n) is 7.68. The molecule has 0 fully saturated rings. The Morgan fingerprint density at radius 2 is 0.533 bits per heavy atom. The summed E-state index contributed by atoms with van der Waals surface area (Å²) in [5, 5.41) is 18.8. The molecule has 1 aromatic carbocycles. The summed E-state index contributed by atoms with van der Waals surface area (Å²) in [5.41, 5.74) is -18.4. The number of halogens is 30. The van der Waals surface area contributed by atoms with Crippen molar-refractivity contribution in [3.63, 3.8) is 0 Å². The maximum absolute atomic E-state index is 14.0. The van der Waals surface area contributed by atoms with Crippen molar-refractivity contribution < 1.29 is 151 Å². The highest BCUT2D eigenvalue weighted by molar-refractivity contribution is 5.35. The summed E-state index contributed by atoms with van der Waals surface area (Å²) >= 11 is 0. The Hall–Kier alpha value is -3.04. The summed E-state index contributed by atoms with van der Waals surface area (Å²) in [4.78, 5) is 0. The van der Waals surface area contributed by atoms with Gasteiger partial charge >= 0.3 is 72.6 Å². The number of hydrogen-bond donors (Lipinski definition) is 2. The minimum atomic E-state index is -7.72. The first-order chi connectivity index (χ1) is 25.9. The van der Waals surface area contributed by atoms with Crippen LogP contribution >= 0.6 is 0 Å². The first-order valence-corrected chi connectivity index (χ1v) is 14.3. The maximum atomic E-state index is 14.0. The Kier molecular flexibility index (Phi) is 14.6. The van der Waals surface area contributed by atoms with Crippen LogP contribution in [0, 0.1) is 0 Å². The zero-order chi connectivity index (χ0) is 48.4. The van der Waals surface area contributed by atoms with Gasteiger partial charge in [0, 0.05) is 24.0 Å². The van der Waals surface area contributed by atoms with E-state index in [0.717, 1.165) is 0 Å². The van der Waals surface area contributed by atoms with Gasteiger partial charge in [-0.3, -0.25) is 0 Å². The van der Waals surface area contributed by atoms with Gasteiger partial charge in [0.15, 0.2) is 0 Å². The van der Waals surface area contributed by atoms with Crippen LogP contribution in [0.3, 0.4) is 0 Å². The molecule has 2 N–H and O–H groups in total. The normalized spacial score (nSPS) is 16.9. The number of aliphatic hydroxyl groups is 2. The molecule has 0 bridgehead atoms. The van der Waals surface area contributed by atoms with Gasteiger partial charge in [0.05, 0.1) is 25.4 Å². The zero-order valence-corrected chi connectivity index (χ0v) is 27.3. The van der Waals surface area contributed by atoms with E-state index < -0.39 is 157 Å². The van der Waals surface area contributed by atoms with Crippen molar-refractivity contribution in [1.82, 2.24) is 0 Å². The van der Waals surface area contributed by atoms with E-state index in [2.05, 4.69) is 9.47 Å². The Balaban J connectivity index is 3.81. The number of hydrogen-bond acceptors (Lipinski definition) is 4. The van der Waals surface area contributed by atoms with Gasteiger partial charge in [0.1, 0.15) is 0 Å². The molecular weight excluding hydrogens is 946 g/mol. The summed E-state index contributed by atoms with van der Waals surface area (Å²) in [6.45, 7) is -6.25. The predicted octanol–water partition coefficient (Wildman–Crippen LogP) is 10.8. The van der Waals surface area contributed by atoms with Crippen LogP contribution in [0.5, 0.6) is 0 Å². The molecule has 0 aliphatic carbocycles. The largest absolute Gasteiger partial charge is 0.460 e. The van der Waals surface area contributed by atoms with Gasteiger partial charge in [-0.25, -0.2) is 0 Å². The number of aliphatic hydroxyl groups excluding tert-OH is 2. The van der Waals surface area contributed by atoms with E-state index in [0.29, 0.717) is 0 Å². The van der Waals surface area contributed by atoms with E-state index in [9.17, 15) is 142 Å². The summed E-state index contributed by atoms with van der Waals surface area (Å²) in [7, 11) is 0. The molecule has 0 aliphatic heterocycles. The number of ether oxygens (including phenoxy) is 2. The van der Waals surface area contributed by atoms with Crippen molar-refractivity contribution in [3.8, 4) is 0 Å². The van der Waals surface area contributed by atoms with Crippen molar-refractivity contribution >= 4 is 0 Å². The Labute approximate surface area is 310 Å². The summed E-state index contributed by atoms with van der Waals surface area (Å²) < 4.78 is 410. The maximum Gasteiger partial charge on any atom is 0.460 e. The fraction of sp³-hybridized carbons (Fsp3) is 0.769. The Morgan fingerprint density at radius 3 is 0.700 bits per heavy atom. The minimum Gasteiger partial charge on any atom is -0.390 e. The number of rotatable bonds is 16. The molecule has 0 saturated carbocycles. The second-order valence-corrected chi connectivity index (χ2v) is 12.0. The fourth-order valence-electron chi connectivity index (χ4n) is 4.63. The van der Waals surface area contributed by atoms with Gasteiger partial charge < -0.3 is 19.7 Å². The standard InChI is InChI=1S/C26H16F30O4/c27-13(28,17(31,32)19(35,36)25(51,52)53)5-11(57)7-59-15(21(39,40)41,22(42,43)44)9-1-2-10(4-3-9)16(23(45,46)47,24(48,49)50)60-8-12(58)6-14(29,30)18(33,34)20(37,38)26(54,55)56/h1-4,11-12,57-58H,5-8H2. The van der Waals surface area contributed by atoms with E-state index in [1.807, 2.05) is 0 Å². The van der Waals surface area contributed by atoms with Crippen LogP contribution in [0.2, 0.25) is 0 Å². The molecule has 0 aromatic heterocycles. The lowest BCUT2D eigenvalue weighted by molar-refractivity contribution is -0.403. The minimum absolute atomic E-state index is 1.09. The molecule has 0 radical (unpaired) electrons. The highest BCUT2D eigenvalue weighted by Gasteiger charge is 2.83. The van der Waals surface area contributed by atoms with Gasteiger partial charge in [-0.15, -0.1) is 0 Å². The van der Waals surface area contributed by atoms with Gasteiger partial charge in [-0.2, -0.15) is 132 Å². The lowest BCUT2D eigenvalue weighted by atomic mass is 9.86. The molecule has 354 valence electrons. The first-order valence-electron chi connectivity index (χ1n) is 14.3. The average molecular weight is 962 g/mol. The van der Waals surface area contributed by atoms with E-state index in [1.165, 1.54) is 0 Å². The molecule has 2 unspecified atom stereocenters. The number of alkyl halides is 30. The van der Waals surface area contributed by atoms with Crippen molar-refractivity contribution in [2.24, 2.45) is 0 Å². The second-order valence-electron chi connectivity index (χ2n) is 12.0. The van der Waals surface area contributed by atoms with Crippen molar-refractivity contribution in [2.75, 3.05) is 13.2 Å². The predicted molar refractivity (Wildman–Crippen MR) is 129 cm³/mol. The van der Waals surface area contributed by atoms with E-state index >= 15 is 0 Å². The molecule has 4 nitrogen and oxygen atoms in total. The quantitative estimate of drug-likeness (QED) is 0.162. The summed E-state index contributed by atoms with van der Waals surface area (Å²) in [5.74, 6) is -44.5. The molecule has 0 heterocycles. The van der Waals surface area contributed by atoms with Gasteiger partial charge in [-0.05, 0) is 0 Å². The summed E-state index contributed by atoms with van der Waals surface area (Å²) in [6.07, 6.45) is -59.3. The molecule has 1 rings (SSSR count). The fourth-order valence-corrected chi connectivity index (χ4v) is 4.63. The zero-order valence-electron chi connectivity index (χ0n) is 27.3. The Morgan fingerprint density at radius 1 is 0.333 bits per heavy atom. The molecule has 0 aliphatic rings. The Bertz CT molecular complexity index is 1430. The molecule has 1 aromatic rings. The van der Waals surface area contributed by atoms with Gasteiger partial charge in [0.2, 0.25) is 0 Å². The molecular formula is C26H16F30O4. The van der Waals surface area contributed by atoms with Crippen molar-refractivity contribution in [3.05, 3.63) is 35.4 Å². The molecule has 34 heteroatoms. The smallest absolute Gasteiger partial charge is 0.390 e. The van der Waals surface area contributed by atoms with E-state index in [4.69, 9.17) is 0 Å². The number of benzene rings is 1. The first kappa shape index (κ1) is 55.0. The third-order valence-corrected chi connectivity index (χ3v) is 7.68. The lowest BCUT2D eigenvalue weighted by Gasteiger charge is -2.40. The van der Waals surface area contributed by atoms with Crippen LogP contribution in [-0.2, 0) is 20.7 Å². The van der Waals surface area contributed by atoms with E-state index in [-0.39, 0.29) is 0 Å². The van der Waals surface area contributed by atoms with Crippen LogP contribution in [0.4, 0.5) is 132 Å². The van der Waals surface area contributed by atoms with Crippen LogP contribution in [0.25, 0.3) is 0 Å². The molecule has 0 spiro atoms. The van der Waals surface area contributed by atoms with Crippen LogP contribution < -0.4 is 0 Å². The second kappa shape index (κ2) is 15.9. The third kappa shape index (κ3) is 9.33. The lowest BCUT2D eigenvalue weighted by Crippen LogP contribution is -2.62. The van der Waals surface area contributed by atoms with Gasteiger partial charge in [0.25, 0.3) is 11.2 Å². The summed E-state index contributed by atoms with van der Waals surface area (Å²) in [6, 6.07) is -4.35.